The minimum absolute atomic E-state index is 0.0192. The summed E-state index contributed by atoms with van der Waals surface area (Å²) in [5.41, 5.74) is 0. The Balaban J connectivity index is 2.80. The van der Waals surface area contributed by atoms with Crippen LogP contribution in [-0.4, -0.2) is 49.2 Å². The average Bonchev–Trinajstić information content (AvgIpc) is 2.86. The van der Waals surface area contributed by atoms with E-state index in [1.54, 1.807) is 0 Å². The molecule has 0 bridgehead atoms. The number of hydrogen-bond donors (Lipinski definition) is 1. The fraction of sp³-hybridized carbons (Fsp3) is 0.938. The summed E-state index contributed by atoms with van der Waals surface area (Å²) in [6.07, 6.45) is 2.04. The number of carbonyl (C=O) groups is 1. The first-order chi connectivity index (χ1) is 9.54. The highest BCUT2D eigenvalue weighted by Gasteiger charge is 2.37. The molecule has 0 aliphatic carbocycles. The van der Waals surface area contributed by atoms with Crippen LogP contribution in [0.25, 0.3) is 0 Å². The van der Waals surface area contributed by atoms with E-state index >= 15 is 0 Å². The van der Waals surface area contributed by atoms with E-state index in [0.717, 1.165) is 25.9 Å². The first-order valence-electron chi connectivity index (χ1n) is 8.16. The Labute approximate surface area is 124 Å². The van der Waals surface area contributed by atoms with Gasteiger partial charge in [-0.25, -0.2) is 0 Å². The summed E-state index contributed by atoms with van der Waals surface area (Å²) in [5, 5.41) is 3.39. The zero-order valence-electron chi connectivity index (χ0n) is 13.8. The number of amides is 1. The van der Waals surface area contributed by atoms with Gasteiger partial charge in [0.05, 0.1) is 19.1 Å². The van der Waals surface area contributed by atoms with E-state index in [9.17, 15) is 4.79 Å². The molecule has 1 rings (SSSR count). The van der Waals surface area contributed by atoms with Crippen LogP contribution in [0.3, 0.4) is 0 Å². The molecule has 1 saturated heterocycles. The molecule has 2 atom stereocenters. The van der Waals surface area contributed by atoms with Crippen LogP contribution in [0, 0.1) is 11.8 Å². The summed E-state index contributed by atoms with van der Waals surface area (Å²) in [7, 11) is 0. The Morgan fingerprint density at radius 3 is 2.40 bits per heavy atom. The van der Waals surface area contributed by atoms with Crippen molar-refractivity contribution in [1.29, 1.82) is 0 Å². The molecule has 1 heterocycles. The van der Waals surface area contributed by atoms with Gasteiger partial charge in [-0.1, -0.05) is 34.6 Å². The number of rotatable bonds is 8. The van der Waals surface area contributed by atoms with Crippen molar-refractivity contribution in [2.75, 3.05) is 26.3 Å². The van der Waals surface area contributed by atoms with E-state index in [0.29, 0.717) is 25.2 Å². The van der Waals surface area contributed by atoms with Gasteiger partial charge in [0.15, 0.2) is 0 Å². The van der Waals surface area contributed by atoms with Crippen molar-refractivity contribution in [3.8, 4) is 0 Å². The molecule has 4 heteroatoms. The highest BCUT2D eigenvalue weighted by molar-refractivity contribution is 5.80. The van der Waals surface area contributed by atoms with E-state index in [4.69, 9.17) is 4.74 Å². The molecule has 1 amide bonds. The second-order valence-electron chi connectivity index (χ2n) is 6.16. The van der Waals surface area contributed by atoms with E-state index < -0.39 is 0 Å². The van der Waals surface area contributed by atoms with E-state index in [-0.39, 0.29) is 17.9 Å². The summed E-state index contributed by atoms with van der Waals surface area (Å²) in [6.45, 7) is 13.7. The van der Waals surface area contributed by atoms with Gasteiger partial charge in [-0.3, -0.25) is 4.79 Å². The lowest BCUT2D eigenvalue weighted by molar-refractivity contribution is -0.139. The molecule has 0 spiro atoms. The third-order valence-corrected chi connectivity index (χ3v) is 4.09. The molecule has 20 heavy (non-hydrogen) atoms. The maximum absolute atomic E-state index is 12.9. The molecular weight excluding hydrogens is 252 g/mol. The molecule has 0 aromatic heterocycles. The zero-order chi connectivity index (χ0) is 15.1. The van der Waals surface area contributed by atoms with Gasteiger partial charge in [-0.05, 0) is 25.3 Å². The van der Waals surface area contributed by atoms with Gasteiger partial charge in [0.1, 0.15) is 0 Å². The molecule has 4 nitrogen and oxygen atoms in total. The van der Waals surface area contributed by atoms with Crippen molar-refractivity contribution in [3.05, 3.63) is 0 Å². The third-order valence-electron chi connectivity index (χ3n) is 4.09. The van der Waals surface area contributed by atoms with Crippen molar-refractivity contribution in [2.45, 2.75) is 59.5 Å². The fourth-order valence-electron chi connectivity index (χ4n) is 3.02. The Morgan fingerprint density at radius 2 is 1.90 bits per heavy atom. The Morgan fingerprint density at radius 1 is 1.25 bits per heavy atom. The quantitative estimate of drug-likeness (QED) is 0.743. The highest BCUT2D eigenvalue weighted by atomic mass is 16.5. The minimum Gasteiger partial charge on any atom is -0.379 e. The summed E-state index contributed by atoms with van der Waals surface area (Å²) in [5.74, 6) is 0.754. The normalized spacial score (nSPS) is 22.8. The number of nitrogens with zero attached hydrogens (tertiary/aromatic N) is 1. The number of nitrogens with one attached hydrogen (secondary N) is 1. The van der Waals surface area contributed by atoms with Crippen LogP contribution in [-0.2, 0) is 9.53 Å². The second kappa shape index (κ2) is 8.63. The molecule has 1 fully saturated rings. The van der Waals surface area contributed by atoms with E-state index in [1.807, 2.05) is 0 Å². The highest BCUT2D eigenvalue weighted by Crippen LogP contribution is 2.21. The van der Waals surface area contributed by atoms with Gasteiger partial charge in [0.25, 0.3) is 0 Å². The van der Waals surface area contributed by atoms with Gasteiger partial charge < -0.3 is 15.0 Å². The molecule has 118 valence electrons. The van der Waals surface area contributed by atoms with Crippen LogP contribution in [0.4, 0.5) is 0 Å². The first-order valence-corrected chi connectivity index (χ1v) is 8.16. The standard InChI is InChI=1S/C16H32N2O2/c1-6-13(7-2)18(9-12(4)5)16(19)14-10-20-11-15(14)17-8-3/h12-15,17H,6-11H2,1-5H3. The summed E-state index contributed by atoms with van der Waals surface area (Å²) >= 11 is 0. The second-order valence-corrected chi connectivity index (χ2v) is 6.16. The van der Waals surface area contributed by atoms with Crippen molar-refractivity contribution in [2.24, 2.45) is 11.8 Å². The zero-order valence-corrected chi connectivity index (χ0v) is 13.8. The average molecular weight is 284 g/mol. The number of likely N-dealkylation sites (N-methyl/N-ethyl adjacent to an activating group) is 1. The van der Waals surface area contributed by atoms with Gasteiger partial charge in [0.2, 0.25) is 5.91 Å². The summed E-state index contributed by atoms with van der Waals surface area (Å²) < 4.78 is 5.54. The molecule has 1 aliphatic rings. The van der Waals surface area contributed by atoms with Crippen LogP contribution in [0.5, 0.6) is 0 Å². The van der Waals surface area contributed by atoms with E-state index in [2.05, 4.69) is 44.8 Å². The van der Waals surface area contributed by atoms with Crippen LogP contribution in [0.15, 0.2) is 0 Å². The summed E-state index contributed by atoms with van der Waals surface area (Å²) in [6, 6.07) is 0.532. The predicted octanol–water partition coefficient (Wildman–Crippen LogP) is 2.28. The maximum atomic E-state index is 12.9. The van der Waals surface area contributed by atoms with Crippen molar-refractivity contribution in [1.82, 2.24) is 10.2 Å². The molecular formula is C16H32N2O2. The van der Waals surface area contributed by atoms with E-state index in [1.165, 1.54) is 0 Å². The molecule has 0 radical (unpaired) electrons. The van der Waals surface area contributed by atoms with Gasteiger partial charge in [-0.15, -0.1) is 0 Å². The first kappa shape index (κ1) is 17.4. The predicted molar refractivity (Wildman–Crippen MR) is 82.7 cm³/mol. The Hall–Kier alpha value is -0.610. The van der Waals surface area contributed by atoms with Gasteiger partial charge in [-0.2, -0.15) is 0 Å². The molecule has 1 aliphatic heterocycles. The number of hydrogen-bond acceptors (Lipinski definition) is 3. The minimum atomic E-state index is -0.0192. The Bertz CT molecular complexity index is 290. The van der Waals surface area contributed by atoms with Crippen LogP contribution >= 0.6 is 0 Å². The lowest BCUT2D eigenvalue weighted by Gasteiger charge is -2.35. The monoisotopic (exact) mass is 284 g/mol. The lowest BCUT2D eigenvalue weighted by atomic mass is 9.98. The molecule has 2 unspecified atom stereocenters. The van der Waals surface area contributed by atoms with Crippen molar-refractivity contribution >= 4 is 5.91 Å². The molecule has 0 saturated carbocycles. The van der Waals surface area contributed by atoms with Gasteiger partial charge >= 0.3 is 0 Å². The SMILES string of the molecule is CCNC1COCC1C(=O)N(CC(C)C)C(CC)CC. The smallest absolute Gasteiger partial charge is 0.229 e. The van der Waals surface area contributed by atoms with Gasteiger partial charge in [0, 0.05) is 18.6 Å². The Kier molecular flexibility index (Phi) is 7.52. The van der Waals surface area contributed by atoms with Crippen molar-refractivity contribution in [3.63, 3.8) is 0 Å². The topological polar surface area (TPSA) is 41.6 Å². The molecule has 1 N–H and O–H groups in total. The summed E-state index contributed by atoms with van der Waals surface area (Å²) in [4.78, 5) is 15.0. The fourth-order valence-corrected chi connectivity index (χ4v) is 3.02. The maximum Gasteiger partial charge on any atom is 0.229 e. The van der Waals surface area contributed by atoms with Crippen LogP contribution < -0.4 is 5.32 Å². The van der Waals surface area contributed by atoms with Crippen LogP contribution in [0.2, 0.25) is 0 Å². The number of carbonyl (C=O) groups excluding carboxylic acids is 1. The largest absolute Gasteiger partial charge is 0.379 e. The number of ether oxygens (including phenoxy) is 1. The van der Waals surface area contributed by atoms with Crippen molar-refractivity contribution < 1.29 is 9.53 Å². The third kappa shape index (κ3) is 4.45. The molecule has 0 aromatic carbocycles. The molecule has 0 aromatic rings. The van der Waals surface area contributed by atoms with Crippen LogP contribution in [0.1, 0.15) is 47.5 Å². The lowest BCUT2D eigenvalue weighted by Crippen LogP contribution is -2.50.